The standard InChI is InChI=1S/C27H34N4O5/c1-17-10-9-13-20(14-17)29-26(34)28-16-23(32)31-22(25(33)36-27(3,4)5)15-21(18(2)30-35)24(31)19-11-7-6-8-12-19/h6-14,21-22,24,35H,15-16H2,1-5H3,(H2,28,29,34)/b30-18-. The number of benzene rings is 2. The van der Waals surface area contributed by atoms with Gasteiger partial charge in [-0.1, -0.05) is 47.6 Å². The first kappa shape index (κ1) is 26.7. The summed E-state index contributed by atoms with van der Waals surface area (Å²) in [5.74, 6) is -1.42. The molecule has 3 amide bonds. The summed E-state index contributed by atoms with van der Waals surface area (Å²) < 4.78 is 5.63. The number of nitrogens with one attached hydrogen (secondary N) is 2. The second-order valence-corrected chi connectivity index (χ2v) is 9.97. The Kier molecular flexibility index (Phi) is 8.34. The normalized spacial score (nSPS) is 20.1. The lowest BCUT2D eigenvalue weighted by molar-refractivity contribution is -0.164. The molecule has 2 aromatic carbocycles. The molecule has 0 aromatic heterocycles. The fourth-order valence-corrected chi connectivity index (χ4v) is 4.44. The topological polar surface area (TPSA) is 120 Å². The predicted octanol–water partition coefficient (Wildman–Crippen LogP) is 4.27. The van der Waals surface area contributed by atoms with Crippen molar-refractivity contribution in [2.24, 2.45) is 11.1 Å². The highest BCUT2D eigenvalue weighted by Gasteiger charge is 2.49. The summed E-state index contributed by atoms with van der Waals surface area (Å²) in [6.07, 6.45) is 0.228. The number of nitrogens with zero attached hydrogens (tertiary/aromatic N) is 2. The van der Waals surface area contributed by atoms with Crippen LogP contribution in [0.15, 0.2) is 59.8 Å². The Morgan fingerprint density at radius 2 is 1.81 bits per heavy atom. The Morgan fingerprint density at radius 1 is 1.11 bits per heavy atom. The van der Waals surface area contributed by atoms with Crippen molar-refractivity contribution in [2.45, 2.75) is 58.7 Å². The highest BCUT2D eigenvalue weighted by molar-refractivity contribution is 5.95. The summed E-state index contributed by atoms with van der Waals surface area (Å²) in [5, 5.41) is 18.2. The number of urea groups is 1. The Bertz CT molecular complexity index is 1130. The van der Waals surface area contributed by atoms with Gasteiger partial charge in [0.15, 0.2) is 0 Å². The van der Waals surface area contributed by atoms with Gasteiger partial charge in [0.2, 0.25) is 5.91 Å². The highest BCUT2D eigenvalue weighted by Crippen LogP contribution is 2.42. The number of aryl methyl sites for hydroxylation is 1. The van der Waals surface area contributed by atoms with Crippen molar-refractivity contribution in [3.8, 4) is 0 Å². The maximum Gasteiger partial charge on any atom is 0.329 e. The Hall–Kier alpha value is -3.88. The number of carbonyl (C=O) groups excluding carboxylic acids is 3. The quantitative estimate of drug-likeness (QED) is 0.240. The van der Waals surface area contributed by atoms with Crippen LogP contribution in [-0.2, 0) is 14.3 Å². The molecule has 0 bridgehead atoms. The number of hydrogen-bond donors (Lipinski definition) is 3. The molecule has 9 nitrogen and oxygen atoms in total. The van der Waals surface area contributed by atoms with Crippen molar-refractivity contribution in [3.05, 3.63) is 65.7 Å². The van der Waals surface area contributed by atoms with Crippen molar-refractivity contribution >= 4 is 29.3 Å². The van der Waals surface area contributed by atoms with Crippen LogP contribution in [0, 0.1) is 12.8 Å². The number of carbonyl (C=O) groups is 3. The van der Waals surface area contributed by atoms with Gasteiger partial charge >= 0.3 is 12.0 Å². The predicted molar refractivity (Wildman–Crippen MR) is 137 cm³/mol. The van der Waals surface area contributed by atoms with Gasteiger partial charge in [0.05, 0.1) is 18.3 Å². The van der Waals surface area contributed by atoms with Crippen LogP contribution in [0.25, 0.3) is 0 Å². The molecule has 0 saturated carbocycles. The number of hydrogen-bond acceptors (Lipinski definition) is 6. The van der Waals surface area contributed by atoms with Crippen LogP contribution in [0.4, 0.5) is 10.5 Å². The molecule has 3 N–H and O–H groups in total. The molecular formula is C27H34N4O5. The zero-order valence-corrected chi connectivity index (χ0v) is 21.3. The molecule has 36 heavy (non-hydrogen) atoms. The van der Waals surface area contributed by atoms with Gasteiger partial charge in [-0.15, -0.1) is 0 Å². The molecule has 1 aliphatic heterocycles. The molecule has 2 aromatic rings. The van der Waals surface area contributed by atoms with E-state index in [1.165, 1.54) is 4.90 Å². The maximum atomic E-state index is 13.6. The van der Waals surface area contributed by atoms with Crippen LogP contribution < -0.4 is 10.6 Å². The minimum absolute atomic E-state index is 0.228. The lowest BCUT2D eigenvalue weighted by Crippen LogP contribution is -2.48. The molecule has 0 radical (unpaired) electrons. The minimum Gasteiger partial charge on any atom is -0.458 e. The first-order chi connectivity index (χ1) is 17.0. The van der Waals surface area contributed by atoms with Crippen LogP contribution in [0.1, 0.15) is 51.3 Å². The summed E-state index contributed by atoms with van der Waals surface area (Å²) in [5.41, 5.74) is 2.02. The highest BCUT2D eigenvalue weighted by atomic mass is 16.6. The Labute approximate surface area is 211 Å². The summed E-state index contributed by atoms with van der Waals surface area (Å²) >= 11 is 0. The number of esters is 1. The number of anilines is 1. The first-order valence-corrected chi connectivity index (χ1v) is 11.9. The van der Waals surface area contributed by atoms with Crippen LogP contribution in [0.3, 0.4) is 0 Å². The van der Waals surface area contributed by atoms with Crippen LogP contribution in [0.2, 0.25) is 0 Å². The molecule has 1 aliphatic rings. The molecule has 3 unspecified atom stereocenters. The van der Waals surface area contributed by atoms with E-state index in [-0.39, 0.29) is 13.0 Å². The van der Waals surface area contributed by atoms with E-state index in [4.69, 9.17) is 4.74 Å². The lowest BCUT2D eigenvalue weighted by atomic mass is 9.89. The number of oxime groups is 1. The molecule has 3 rings (SSSR count). The van der Waals surface area contributed by atoms with Crippen LogP contribution in [0.5, 0.6) is 0 Å². The van der Waals surface area contributed by atoms with Crippen molar-refractivity contribution in [1.29, 1.82) is 0 Å². The fourth-order valence-electron chi connectivity index (χ4n) is 4.44. The molecule has 1 fully saturated rings. The van der Waals surface area contributed by atoms with E-state index >= 15 is 0 Å². The maximum absolute atomic E-state index is 13.6. The monoisotopic (exact) mass is 494 g/mol. The summed E-state index contributed by atoms with van der Waals surface area (Å²) in [6, 6.07) is 14.5. The van der Waals surface area contributed by atoms with Crippen molar-refractivity contribution in [3.63, 3.8) is 0 Å². The third-order valence-corrected chi connectivity index (χ3v) is 5.97. The van der Waals surface area contributed by atoms with Crippen LogP contribution in [-0.4, -0.2) is 51.9 Å². The zero-order chi connectivity index (χ0) is 26.5. The second-order valence-electron chi connectivity index (χ2n) is 9.97. The minimum atomic E-state index is -0.912. The average molecular weight is 495 g/mol. The molecule has 1 heterocycles. The van der Waals surface area contributed by atoms with Gasteiger partial charge in [-0.25, -0.2) is 9.59 Å². The lowest BCUT2D eigenvalue weighted by Gasteiger charge is -2.32. The van der Waals surface area contributed by atoms with Gasteiger partial charge in [-0.05, 0) is 64.3 Å². The summed E-state index contributed by atoms with van der Waals surface area (Å²) in [7, 11) is 0. The molecular weight excluding hydrogens is 460 g/mol. The van der Waals surface area contributed by atoms with E-state index in [0.29, 0.717) is 11.4 Å². The number of rotatable bonds is 6. The molecule has 0 aliphatic carbocycles. The number of likely N-dealkylation sites (tertiary alicyclic amines) is 1. The molecule has 1 saturated heterocycles. The van der Waals surface area contributed by atoms with E-state index < -0.39 is 41.5 Å². The summed E-state index contributed by atoms with van der Waals surface area (Å²) in [4.78, 5) is 40.7. The zero-order valence-electron chi connectivity index (χ0n) is 21.3. The number of ether oxygens (including phenoxy) is 1. The van der Waals surface area contributed by atoms with Crippen molar-refractivity contribution in [1.82, 2.24) is 10.2 Å². The summed E-state index contributed by atoms with van der Waals surface area (Å²) in [6.45, 7) is 8.52. The van der Waals surface area contributed by atoms with Gasteiger partial charge in [0.1, 0.15) is 11.6 Å². The number of amides is 3. The third-order valence-electron chi connectivity index (χ3n) is 5.97. The van der Waals surface area contributed by atoms with Gasteiger partial charge in [-0.2, -0.15) is 0 Å². The van der Waals surface area contributed by atoms with Gasteiger partial charge in [0, 0.05) is 11.6 Å². The second kappa shape index (κ2) is 11.2. The van der Waals surface area contributed by atoms with Crippen molar-refractivity contribution < 1.29 is 24.3 Å². The smallest absolute Gasteiger partial charge is 0.329 e. The van der Waals surface area contributed by atoms with Gasteiger partial charge < -0.3 is 25.5 Å². The fraction of sp³-hybridized carbons (Fsp3) is 0.407. The third kappa shape index (κ3) is 6.62. The SMILES string of the molecule is C/C(=N/O)C1CC(C(=O)OC(C)(C)C)N(C(=O)CNC(=O)Nc2cccc(C)c2)C1c1ccccc1. The van der Waals surface area contributed by atoms with Crippen LogP contribution >= 0.6 is 0 Å². The van der Waals surface area contributed by atoms with E-state index in [0.717, 1.165) is 11.1 Å². The largest absolute Gasteiger partial charge is 0.458 e. The molecule has 0 spiro atoms. The molecule has 192 valence electrons. The average Bonchev–Trinajstić information content (AvgIpc) is 3.22. The molecule has 9 heteroatoms. The van der Waals surface area contributed by atoms with Gasteiger partial charge in [-0.3, -0.25) is 4.79 Å². The van der Waals surface area contributed by atoms with E-state index in [1.54, 1.807) is 33.8 Å². The van der Waals surface area contributed by atoms with E-state index in [9.17, 15) is 19.6 Å². The van der Waals surface area contributed by atoms with Gasteiger partial charge in [0.25, 0.3) is 0 Å². The Morgan fingerprint density at radius 3 is 2.42 bits per heavy atom. The van der Waals surface area contributed by atoms with E-state index in [1.807, 2.05) is 55.5 Å². The van der Waals surface area contributed by atoms with Crippen molar-refractivity contribution in [2.75, 3.05) is 11.9 Å². The Balaban J connectivity index is 1.87. The first-order valence-electron chi connectivity index (χ1n) is 11.9. The molecule has 3 atom stereocenters. The van der Waals surface area contributed by atoms with E-state index in [2.05, 4.69) is 15.8 Å².